The van der Waals surface area contributed by atoms with Crippen LogP contribution in [-0.2, 0) is 17.0 Å². The first-order valence-electron chi connectivity index (χ1n) is 7.41. The zero-order valence-corrected chi connectivity index (χ0v) is 14.1. The summed E-state index contributed by atoms with van der Waals surface area (Å²) in [6.07, 6.45) is 0.932. The van der Waals surface area contributed by atoms with Gasteiger partial charge in [-0.05, 0) is 41.8 Å². The van der Waals surface area contributed by atoms with Crippen LogP contribution in [0.1, 0.15) is 18.1 Å². The van der Waals surface area contributed by atoms with Gasteiger partial charge in [-0.25, -0.2) is 4.39 Å². The molecule has 1 amide bonds. The average Bonchev–Trinajstić information content (AvgIpc) is 2.55. The van der Waals surface area contributed by atoms with Crippen LogP contribution in [0.5, 0.6) is 5.75 Å². The van der Waals surface area contributed by atoms with E-state index in [1.165, 1.54) is 30.5 Å². The Bertz CT molecular complexity index is 676. The Labute approximate surface area is 140 Å². The second-order valence-electron chi connectivity index (χ2n) is 5.06. The lowest BCUT2D eigenvalue weighted by atomic mass is 10.1. The number of hydrogen-bond acceptors (Lipinski definition) is 3. The van der Waals surface area contributed by atoms with Crippen molar-refractivity contribution in [3.05, 3.63) is 59.4 Å². The van der Waals surface area contributed by atoms with Gasteiger partial charge in [0.1, 0.15) is 0 Å². The van der Waals surface area contributed by atoms with Crippen LogP contribution in [0, 0.1) is 5.82 Å². The van der Waals surface area contributed by atoms with Gasteiger partial charge in [-0.1, -0.05) is 25.1 Å². The summed E-state index contributed by atoms with van der Waals surface area (Å²) in [5, 5.41) is 2.88. The van der Waals surface area contributed by atoms with Crippen molar-refractivity contribution in [2.75, 3.05) is 18.2 Å². The molecule has 2 aromatic carbocycles. The van der Waals surface area contributed by atoms with Crippen molar-refractivity contribution in [1.82, 2.24) is 0 Å². The van der Waals surface area contributed by atoms with Gasteiger partial charge in [-0.3, -0.25) is 4.79 Å². The van der Waals surface area contributed by atoms with Gasteiger partial charge in [0.25, 0.3) is 0 Å². The molecule has 0 aliphatic heterocycles. The number of thioether (sulfide) groups is 1. The highest BCUT2D eigenvalue weighted by Crippen LogP contribution is 2.21. The number of carbonyl (C=O) groups is 1. The lowest BCUT2D eigenvalue weighted by Gasteiger charge is -2.07. The highest BCUT2D eigenvalue weighted by Gasteiger charge is 2.06. The molecule has 0 aromatic heterocycles. The molecule has 5 heteroatoms. The number of methoxy groups -OCH3 is 1. The summed E-state index contributed by atoms with van der Waals surface area (Å²) in [7, 11) is 1.44. The molecule has 0 fully saturated rings. The summed E-state index contributed by atoms with van der Waals surface area (Å²) in [4.78, 5) is 11.9. The number of benzene rings is 2. The zero-order chi connectivity index (χ0) is 16.7. The Morgan fingerprint density at radius 1 is 1.22 bits per heavy atom. The molecule has 0 aliphatic rings. The quantitative estimate of drug-likeness (QED) is 0.822. The molecule has 0 heterocycles. The van der Waals surface area contributed by atoms with E-state index in [1.807, 2.05) is 24.3 Å². The van der Waals surface area contributed by atoms with Crippen LogP contribution in [0.2, 0.25) is 0 Å². The Morgan fingerprint density at radius 2 is 2.04 bits per heavy atom. The zero-order valence-electron chi connectivity index (χ0n) is 13.3. The van der Waals surface area contributed by atoms with E-state index >= 15 is 0 Å². The monoisotopic (exact) mass is 333 g/mol. The van der Waals surface area contributed by atoms with Crippen LogP contribution < -0.4 is 10.1 Å². The largest absolute Gasteiger partial charge is 0.494 e. The summed E-state index contributed by atoms with van der Waals surface area (Å²) >= 11 is 1.45. The molecule has 0 bridgehead atoms. The van der Waals surface area contributed by atoms with Gasteiger partial charge in [0, 0.05) is 11.4 Å². The normalized spacial score (nSPS) is 10.4. The number of halogens is 1. The van der Waals surface area contributed by atoms with Crippen LogP contribution in [-0.4, -0.2) is 18.8 Å². The topological polar surface area (TPSA) is 38.3 Å². The molecule has 0 radical (unpaired) electrons. The first-order chi connectivity index (χ1) is 11.1. The predicted octanol–water partition coefficient (Wildman–Crippen LogP) is 4.27. The van der Waals surface area contributed by atoms with Gasteiger partial charge < -0.3 is 10.1 Å². The minimum Gasteiger partial charge on any atom is -0.494 e. The number of nitrogens with one attached hydrogen (secondary N) is 1. The van der Waals surface area contributed by atoms with E-state index in [4.69, 9.17) is 4.74 Å². The third kappa shape index (κ3) is 5.28. The second-order valence-corrected chi connectivity index (χ2v) is 6.05. The minimum atomic E-state index is -0.383. The van der Waals surface area contributed by atoms with E-state index in [2.05, 4.69) is 12.2 Å². The third-order valence-electron chi connectivity index (χ3n) is 3.34. The first kappa shape index (κ1) is 17.3. The lowest BCUT2D eigenvalue weighted by Crippen LogP contribution is -2.14. The van der Waals surface area contributed by atoms with Crippen LogP contribution >= 0.6 is 11.8 Å². The van der Waals surface area contributed by atoms with Crippen molar-refractivity contribution < 1.29 is 13.9 Å². The van der Waals surface area contributed by atoms with Crippen molar-refractivity contribution in [3.63, 3.8) is 0 Å². The van der Waals surface area contributed by atoms with Gasteiger partial charge in [0.05, 0.1) is 12.9 Å². The van der Waals surface area contributed by atoms with Crippen LogP contribution in [0.4, 0.5) is 10.1 Å². The van der Waals surface area contributed by atoms with E-state index in [-0.39, 0.29) is 17.5 Å². The highest BCUT2D eigenvalue weighted by molar-refractivity contribution is 7.99. The summed E-state index contributed by atoms with van der Waals surface area (Å²) in [5.74, 6) is 0.684. The number of aryl methyl sites for hydroxylation is 1. The van der Waals surface area contributed by atoms with Crippen molar-refractivity contribution in [3.8, 4) is 5.75 Å². The Morgan fingerprint density at radius 3 is 2.74 bits per heavy atom. The first-order valence-corrected chi connectivity index (χ1v) is 8.56. The molecule has 0 spiro atoms. The molecule has 0 unspecified atom stereocenters. The molecule has 122 valence electrons. The fraction of sp³-hybridized carbons (Fsp3) is 0.278. The smallest absolute Gasteiger partial charge is 0.234 e. The van der Waals surface area contributed by atoms with E-state index in [9.17, 15) is 9.18 Å². The maximum Gasteiger partial charge on any atom is 0.234 e. The Hall–Kier alpha value is -2.01. The van der Waals surface area contributed by atoms with E-state index in [1.54, 1.807) is 12.1 Å². The number of carbonyl (C=O) groups excluding carboxylic acids is 1. The van der Waals surface area contributed by atoms with Gasteiger partial charge in [0.2, 0.25) is 5.91 Å². The standard InChI is InChI=1S/C18H20FNO2S/c1-3-13-5-4-6-15(9-13)20-18(21)12-23-11-14-7-8-17(22-2)16(19)10-14/h4-10H,3,11-12H2,1-2H3,(H,20,21). The minimum absolute atomic E-state index is 0.0581. The maximum absolute atomic E-state index is 13.6. The maximum atomic E-state index is 13.6. The fourth-order valence-corrected chi connectivity index (χ4v) is 2.90. The molecule has 23 heavy (non-hydrogen) atoms. The highest BCUT2D eigenvalue weighted by atomic mass is 32.2. The molecule has 3 nitrogen and oxygen atoms in total. The van der Waals surface area contributed by atoms with Gasteiger partial charge >= 0.3 is 0 Å². The van der Waals surface area contributed by atoms with E-state index in [0.29, 0.717) is 11.5 Å². The molecular formula is C18H20FNO2S. The molecule has 0 saturated heterocycles. The van der Waals surface area contributed by atoms with Gasteiger partial charge in [-0.2, -0.15) is 0 Å². The number of hydrogen-bond donors (Lipinski definition) is 1. The molecular weight excluding hydrogens is 313 g/mol. The SMILES string of the molecule is CCc1cccc(NC(=O)CSCc2ccc(OC)c(F)c2)c1. The molecule has 1 N–H and O–H groups in total. The number of rotatable bonds is 7. The predicted molar refractivity (Wildman–Crippen MR) is 93.6 cm³/mol. The third-order valence-corrected chi connectivity index (χ3v) is 4.34. The average molecular weight is 333 g/mol. The summed E-state index contributed by atoms with van der Waals surface area (Å²) in [6, 6.07) is 12.7. The summed E-state index contributed by atoms with van der Waals surface area (Å²) in [6.45, 7) is 2.07. The van der Waals surface area contributed by atoms with Gasteiger partial charge in [0.15, 0.2) is 11.6 Å². The summed E-state index contributed by atoms with van der Waals surface area (Å²) < 4.78 is 18.5. The van der Waals surface area contributed by atoms with Crippen molar-refractivity contribution >= 4 is 23.4 Å². The number of ether oxygens (including phenoxy) is 1. The molecule has 0 saturated carbocycles. The van der Waals surface area contributed by atoms with Crippen molar-refractivity contribution in [2.45, 2.75) is 19.1 Å². The molecule has 0 aliphatic carbocycles. The fourth-order valence-electron chi connectivity index (χ4n) is 2.13. The van der Waals surface area contributed by atoms with Crippen LogP contribution in [0.15, 0.2) is 42.5 Å². The molecule has 2 aromatic rings. The van der Waals surface area contributed by atoms with E-state index in [0.717, 1.165) is 17.7 Å². The summed E-state index contributed by atoms with van der Waals surface area (Å²) in [5.41, 5.74) is 2.82. The van der Waals surface area contributed by atoms with Crippen molar-refractivity contribution in [1.29, 1.82) is 0 Å². The van der Waals surface area contributed by atoms with Crippen LogP contribution in [0.25, 0.3) is 0 Å². The Balaban J connectivity index is 1.81. The Kier molecular flexibility index (Phi) is 6.47. The number of anilines is 1. The van der Waals surface area contributed by atoms with Gasteiger partial charge in [-0.15, -0.1) is 11.8 Å². The van der Waals surface area contributed by atoms with E-state index < -0.39 is 0 Å². The second kappa shape index (κ2) is 8.58. The number of amides is 1. The molecule has 2 rings (SSSR count). The van der Waals surface area contributed by atoms with Crippen molar-refractivity contribution in [2.24, 2.45) is 0 Å². The molecule has 0 atom stereocenters. The van der Waals surface area contributed by atoms with Crippen LogP contribution in [0.3, 0.4) is 0 Å². The lowest BCUT2D eigenvalue weighted by molar-refractivity contribution is -0.113.